The Labute approximate surface area is 368 Å². The Hall–Kier alpha value is -1.67. The van der Waals surface area contributed by atoms with E-state index in [2.05, 4.69) is 38.2 Å². The van der Waals surface area contributed by atoms with Gasteiger partial charge in [0, 0.05) is 12.8 Å². The minimum absolute atomic E-state index is 0.0684. The molecule has 6 unspecified atom stereocenters. The maximum Gasteiger partial charge on any atom is 0.472 e. The summed E-state index contributed by atoms with van der Waals surface area (Å²) in [5.41, 5.74) is 0. The fourth-order valence-electron chi connectivity index (χ4n) is 7.34. The second-order valence-corrected chi connectivity index (χ2v) is 18.4. The Morgan fingerprint density at radius 3 is 1.30 bits per heavy atom. The first-order valence-corrected chi connectivity index (χ1v) is 25.6. The van der Waals surface area contributed by atoms with Gasteiger partial charge in [0.1, 0.15) is 43.2 Å². The summed E-state index contributed by atoms with van der Waals surface area (Å²) in [6, 6.07) is 0. The Kier molecular flexibility index (Phi) is 35.4. The number of hydrogen-bond acceptors (Lipinski definition) is 12. The zero-order valence-electron chi connectivity index (χ0n) is 38.0. The van der Waals surface area contributed by atoms with Crippen molar-refractivity contribution in [1.82, 2.24) is 0 Å². The van der Waals surface area contributed by atoms with Crippen LogP contribution in [0.5, 0.6) is 0 Å². The van der Waals surface area contributed by atoms with Crippen molar-refractivity contribution >= 4 is 19.8 Å². The molecule has 0 aromatic rings. The molecule has 358 valence electrons. The molecule has 61 heavy (non-hydrogen) atoms. The van der Waals surface area contributed by atoms with Gasteiger partial charge in [-0.1, -0.05) is 154 Å². The molecule has 1 saturated carbocycles. The van der Waals surface area contributed by atoms with Crippen molar-refractivity contribution in [2.24, 2.45) is 0 Å². The number of aliphatic hydroxyl groups excluding tert-OH is 5. The minimum atomic E-state index is -5.12. The van der Waals surface area contributed by atoms with Crippen LogP contribution in [0.2, 0.25) is 0 Å². The lowest BCUT2D eigenvalue weighted by Crippen LogP contribution is -2.64. The van der Waals surface area contributed by atoms with Gasteiger partial charge in [0.05, 0.1) is 6.61 Å². The SMILES string of the molecule is CCCCCC/C=C/CCCCCCCCCCCC(=O)OC[C@@H](COP(=O)(O)OC1C(O)C(O)C(O)[C@H](O)C1O)OC(=O)CCCC/C=C/CCCCCCCCCCC. The Morgan fingerprint density at radius 2 is 0.836 bits per heavy atom. The number of unbranched alkanes of at least 4 members (excludes halogenated alkanes) is 24. The van der Waals surface area contributed by atoms with Gasteiger partial charge in [0.25, 0.3) is 0 Å². The van der Waals surface area contributed by atoms with Gasteiger partial charge in [0.2, 0.25) is 0 Å². The summed E-state index contributed by atoms with van der Waals surface area (Å²) in [6.07, 6.45) is 28.0. The lowest BCUT2D eigenvalue weighted by atomic mass is 9.85. The van der Waals surface area contributed by atoms with Crippen molar-refractivity contribution in [2.45, 2.75) is 249 Å². The number of aliphatic hydroxyl groups is 5. The lowest BCUT2D eigenvalue weighted by Gasteiger charge is -2.41. The number of carbonyl (C=O) groups is 2. The molecule has 0 amide bonds. The molecule has 6 N–H and O–H groups in total. The van der Waals surface area contributed by atoms with Gasteiger partial charge in [-0.15, -0.1) is 0 Å². The van der Waals surface area contributed by atoms with Crippen molar-refractivity contribution in [2.75, 3.05) is 13.2 Å². The summed E-state index contributed by atoms with van der Waals surface area (Å²) in [5.74, 6) is -1.12. The van der Waals surface area contributed by atoms with Crippen LogP contribution in [0.25, 0.3) is 0 Å². The first-order chi connectivity index (χ1) is 29.4. The third kappa shape index (κ3) is 30.2. The number of esters is 2. The van der Waals surface area contributed by atoms with E-state index in [1.54, 1.807) is 0 Å². The summed E-state index contributed by atoms with van der Waals surface area (Å²) >= 11 is 0. The molecule has 0 bridgehead atoms. The maximum atomic E-state index is 12.8. The number of allylic oxidation sites excluding steroid dienone is 4. The fourth-order valence-corrected chi connectivity index (χ4v) is 8.31. The predicted molar refractivity (Wildman–Crippen MR) is 240 cm³/mol. The molecule has 8 atom stereocenters. The van der Waals surface area contributed by atoms with Gasteiger partial charge in [0.15, 0.2) is 6.10 Å². The van der Waals surface area contributed by atoms with Crippen LogP contribution in [0.1, 0.15) is 206 Å². The van der Waals surface area contributed by atoms with Crippen LogP contribution in [0, 0.1) is 0 Å². The maximum absolute atomic E-state index is 12.8. The first kappa shape index (κ1) is 57.3. The van der Waals surface area contributed by atoms with Crippen LogP contribution in [0.4, 0.5) is 0 Å². The number of rotatable bonds is 40. The second kappa shape index (κ2) is 37.7. The third-order valence-electron chi connectivity index (χ3n) is 11.3. The molecule has 0 spiro atoms. The van der Waals surface area contributed by atoms with Gasteiger partial charge < -0.3 is 39.9 Å². The van der Waals surface area contributed by atoms with Crippen molar-refractivity contribution in [3.8, 4) is 0 Å². The molecule has 1 aliphatic carbocycles. The minimum Gasteiger partial charge on any atom is -0.462 e. The second-order valence-electron chi connectivity index (χ2n) is 17.0. The first-order valence-electron chi connectivity index (χ1n) is 24.1. The van der Waals surface area contributed by atoms with Crippen LogP contribution in [0.15, 0.2) is 24.3 Å². The predicted octanol–water partition coefficient (Wildman–Crippen LogP) is 9.62. The highest BCUT2D eigenvalue weighted by Gasteiger charge is 2.51. The van der Waals surface area contributed by atoms with Gasteiger partial charge >= 0.3 is 19.8 Å². The molecule has 0 aliphatic heterocycles. The van der Waals surface area contributed by atoms with Crippen molar-refractivity contribution in [3.63, 3.8) is 0 Å². The van der Waals surface area contributed by atoms with Crippen LogP contribution in [-0.4, -0.2) is 98.3 Å². The van der Waals surface area contributed by atoms with Gasteiger partial charge in [-0.2, -0.15) is 0 Å². The number of carbonyl (C=O) groups excluding carboxylic acids is 2. The molecule has 0 aromatic carbocycles. The highest BCUT2D eigenvalue weighted by Crippen LogP contribution is 2.47. The van der Waals surface area contributed by atoms with E-state index in [1.807, 2.05) is 0 Å². The number of phosphoric acid groups is 1. The van der Waals surface area contributed by atoms with E-state index < -0.39 is 75.7 Å². The highest BCUT2D eigenvalue weighted by molar-refractivity contribution is 7.47. The summed E-state index contributed by atoms with van der Waals surface area (Å²) < 4.78 is 33.5. The molecule has 0 aromatic heterocycles. The van der Waals surface area contributed by atoms with Gasteiger partial charge in [-0.05, 0) is 64.2 Å². The molecule has 0 saturated heterocycles. The zero-order chi connectivity index (χ0) is 45.0. The van der Waals surface area contributed by atoms with Crippen molar-refractivity contribution < 1.29 is 63.1 Å². The highest BCUT2D eigenvalue weighted by atomic mass is 31.2. The Morgan fingerprint density at radius 1 is 0.492 bits per heavy atom. The summed E-state index contributed by atoms with van der Waals surface area (Å²) in [4.78, 5) is 35.7. The van der Waals surface area contributed by atoms with E-state index in [4.69, 9.17) is 18.5 Å². The summed E-state index contributed by atoms with van der Waals surface area (Å²) in [6.45, 7) is 3.28. The monoisotopic (exact) mass is 891 g/mol. The van der Waals surface area contributed by atoms with E-state index >= 15 is 0 Å². The molecule has 1 aliphatic rings. The molecule has 1 fully saturated rings. The number of ether oxygens (including phenoxy) is 2. The Bertz CT molecular complexity index is 1170. The molecule has 14 heteroatoms. The zero-order valence-corrected chi connectivity index (χ0v) is 38.9. The molecule has 0 heterocycles. The van der Waals surface area contributed by atoms with E-state index in [0.29, 0.717) is 12.8 Å². The molecular formula is C47H87O13P. The average Bonchev–Trinajstić information content (AvgIpc) is 3.24. The van der Waals surface area contributed by atoms with Gasteiger partial charge in [-0.3, -0.25) is 18.6 Å². The lowest BCUT2D eigenvalue weighted by molar-refractivity contribution is -0.220. The van der Waals surface area contributed by atoms with Gasteiger partial charge in [-0.25, -0.2) is 4.57 Å². The average molecular weight is 891 g/mol. The van der Waals surface area contributed by atoms with Crippen LogP contribution >= 0.6 is 7.82 Å². The fraction of sp³-hybridized carbons (Fsp3) is 0.872. The normalized spacial score (nSPS) is 22.2. The standard InChI is InChI=1S/C47H87O13P/c1-3-5-7-9-11-13-15-17-19-20-22-23-25-27-29-31-33-35-40(48)57-37-39(38-58-61(55,56)60-47-45(53)43(51)42(50)44(52)46(47)54)59-41(49)36-34-32-30-28-26-24-21-18-16-14-12-10-8-6-4-2/h13,15,26,28,39,42-47,50-54H,3-12,14,16-25,27,29-38H2,1-2H3,(H,55,56)/b15-13+,28-26+/t39-,42?,43-,44?,45?,46?,47?/m0/s1. The Balaban J connectivity index is 2.44. The molecule has 1 rings (SSSR count). The largest absolute Gasteiger partial charge is 0.472 e. The van der Waals surface area contributed by atoms with Crippen LogP contribution < -0.4 is 0 Å². The number of phosphoric ester groups is 1. The van der Waals surface area contributed by atoms with Crippen molar-refractivity contribution in [1.29, 1.82) is 0 Å². The quantitative estimate of drug-likeness (QED) is 0.0147. The molecule has 0 radical (unpaired) electrons. The molecular weight excluding hydrogens is 803 g/mol. The van der Waals surface area contributed by atoms with E-state index in [-0.39, 0.29) is 12.8 Å². The van der Waals surface area contributed by atoms with E-state index in [0.717, 1.165) is 44.9 Å². The number of hydrogen-bond donors (Lipinski definition) is 6. The summed E-state index contributed by atoms with van der Waals surface area (Å²) in [7, 11) is -5.12. The molecule has 13 nitrogen and oxygen atoms in total. The third-order valence-corrected chi connectivity index (χ3v) is 12.3. The van der Waals surface area contributed by atoms with Crippen LogP contribution in [-0.2, 0) is 32.7 Å². The summed E-state index contributed by atoms with van der Waals surface area (Å²) in [5, 5.41) is 50.2. The van der Waals surface area contributed by atoms with Crippen molar-refractivity contribution in [3.05, 3.63) is 24.3 Å². The van der Waals surface area contributed by atoms with E-state index in [1.165, 1.54) is 122 Å². The van der Waals surface area contributed by atoms with Crippen LogP contribution in [0.3, 0.4) is 0 Å². The van der Waals surface area contributed by atoms with E-state index in [9.17, 15) is 44.6 Å². The smallest absolute Gasteiger partial charge is 0.462 e. The topological polar surface area (TPSA) is 210 Å².